The Kier molecular flexibility index (Phi) is 3.19. The van der Waals surface area contributed by atoms with Gasteiger partial charge in [0.1, 0.15) is 0 Å². The molecule has 0 aliphatic heterocycles. The minimum absolute atomic E-state index is 0.0635. The second-order valence-electron chi connectivity index (χ2n) is 5.56. The van der Waals surface area contributed by atoms with Crippen LogP contribution in [0.15, 0.2) is 18.2 Å². The van der Waals surface area contributed by atoms with Gasteiger partial charge in [-0.15, -0.1) is 0 Å². The number of anilines is 1. The normalized spacial score (nSPS) is 24.5. The molecule has 2 aromatic rings. The molecule has 0 radical (unpaired) electrons. The van der Waals surface area contributed by atoms with Crippen LogP contribution in [0.5, 0.6) is 0 Å². The highest BCUT2D eigenvalue weighted by Crippen LogP contribution is 2.33. The van der Waals surface area contributed by atoms with Crippen LogP contribution in [-0.4, -0.2) is 20.8 Å². The number of nitrogens with two attached hydrogens (primary N) is 1. The van der Waals surface area contributed by atoms with Gasteiger partial charge in [-0.3, -0.25) is 0 Å². The van der Waals surface area contributed by atoms with Crippen molar-refractivity contribution >= 4 is 17.0 Å². The van der Waals surface area contributed by atoms with Gasteiger partial charge in [-0.25, -0.2) is 4.98 Å². The summed E-state index contributed by atoms with van der Waals surface area (Å²) in [6.45, 7) is 2.07. The zero-order chi connectivity index (χ0) is 13.4. The molecule has 1 saturated carbocycles. The second kappa shape index (κ2) is 4.85. The smallest absolute Gasteiger partial charge is 0.201 e. The predicted molar refractivity (Wildman–Crippen MR) is 77.0 cm³/mol. The molecular weight excluding hydrogens is 238 g/mol. The van der Waals surface area contributed by atoms with Crippen LogP contribution in [0.25, 0.3) is 11.0 Å². The number of aliphatic hydroxyl groups is 1. The van der Waals surface area contributed by atoms with Crippen LogP contribution in [0, 0.1) is 6.92 Å². The van der Waals surface area contributed by atoms with Crippen LogP contribution in [0.4, 0.5) is 5.95 Å². The molecule has 2 unspecified atom stereocenters. The van der Waals surface area contributed by atoms with E-state index in [4.69, 9.17) is 5.73 Å². The fourth-order valence-corrected chi connectivity index (χ4v) is 3.24. The van der Waals surface area contributed by atoms with Crippen molar-refractivity contribution in [2.45, 2.75) is 51.2 Å². The number of nitrogens with zero attached hydrogens (tertiary/aromatic N) is 2. The minimum Gasteiger partial charge on any atom is -0.391 e. The van der Waals surface area contributed by atoms with Crippen molar-refractivity contribution in [2.75, 3.05) is 5.73 Å². The Morgan fingerprint density at radius 2 is 2.05 bits per heavy atom. The largest absolute Gasteiger partial charge is 0.391 e. The maximum absolute atomic E-state index is 10.4. The van der Waals surface area contributed by atoms with E-state index in [9.17, 15) is 5.11 Å². The lowest BCUT2D eigenvalue weighted by Crippen LogP contribution is -2.24. The maximum Gasteiger partial charge on any atom is 0.201 e. The molecular formula is C15H21N3O. The van der Waals surface area contributed by atoms with Gasteiger partial charge in [0.05, 0.1) is 23.2 Å². The van der Waals surface area contributed by atoms with Crippen molar-refractivity contribution in [3.05, 3.63) is 23.8 Å². The zero-order valence-electron chi connectivity index (χ0n) is 11.3. The average molecular weight is 259 g/mol. The van der Waals surface area contributed by atoms with Gasteiger partial charge in [0.15, 0.2) is 0 Å². The third-order valence-corrected chi connectivity index (χ3v) is 4.21. The molecule has 1 heterocycles. The first-order valence-corrected chi connectivity index (χ1v) is 7.09. The molecule has 0 saturated heterocycles. The van der Waals surface area contributed by atoms with Gasteiger partial charge in [-0.2, -0.15) is 0 Å². The fraction of sp³-hybridized carbons (Fsp3) is 0.533. The van der Waals surface area contributed by atoms with Gasteiger partial charge in [0.25, 0.3) is 0 Å². The molecule has 19 heavy (non-hydrogen) atoms. The van der Waals surface area contributed by atoms with E-state index in [1.807, 2.05) is 12.1 Å². The number of para-hydroxylation sites is 1. The summed E-state index contributed by atoms with van der Waals surface area (Å²) in [5, 5.41) is 10.4. The van der Waals surface area contributed by atoms with E-state index >= 15 is 0 Å². The topological polar surface area (TPSA) is 64.1 Å². The van der Waals surface area contributed by atoms with Gasteiger partial charge < -0.3 is 15.4 Å². The number of hydrogen-bond donors (Lipinski definition) is 2. The van der Waals surface area contributed by atoms with E-state index < -0.39 is 0 Å². The summed E-state index contributed by atoms with van der Waals surface area (Å²) in [6.07, 6.45) is 4.96. The molecule has 4 nitrogen and oxygen atoms in total. The van der Waals surface area contributed by atoms with E-state index in [0.717, 1.165) is 42.3 Å². The Balaban J connectivity index is 2.15. The summed E-state index contributed by atoms with van der Waals surface area (Å²) in [7, 11) is 0. The molecule has 0 spiro atoms. The summed E-state index contributed by atoms with van der Waals surface area (Å²) >= 11 is 0. The molecule has 1 aromatic carbocycles. The van der Waals surface area contributed by atoms with Crippen LogP contribution in [-0.2, 0) is 0 Å². The quantitative estimate of drug-likeness (QED) is 0.774. The summed E-state index contributed by atoms with van der Waals surface area (Å²) in [5.41, 5.74) is 9.27. The first-order valence-electron chi connectivity index (χ1n) is 7.09. The van der Waals surface area contributed by atoms with Crippen molar-refractivity contribution in [3.8, 4) is 0 Å². The molecule has 1 fully saturated rings. The maximum atomic E-state index is 10.4. The molecule has 2 atom stereocenters. The monoisotopic (exact) mass is 259 g/mol. The number of hydrogen-bond acceptors (Lipinski definition) is 3. The molecule has 3 N–H and O–H groups in total. The van der Waals surface area contributed by atoms with Crippen molar-refractivity contribution < 1.29 is 5.11 Å². The molecule has 102 valence electrons. The number of fused-ring (bicyclic) bond motifs is 1. The molecule has 0 bridgehead atoms. The van der Waals surface area contributed by atoms with Gasteiger partial charge in [-0.05, 0) is 31.4 Å². The first kappa shape index (κ1) is 12.5. The number of nitrogen functional groups attached to an aromatic ring is 1. The van der Waals surface area contributed by atoms with Gasteiger partial charge in [-0.1, -0.05) is 31.4 Å². The van der Waals surface area contributed by atoms with Gasteiger partial charge in [0, 0.05) is 0 Å². The molecule has 1 aliphatic carbocycles. The molecule has 0 amide bonds. The highest BCUT2D eigenvalue weighted by atomic mass is 16.3. The highest BCUT2D eigenvalue weighted by molar-refractivity contribution is 5.81. The molecule has 3 rings (SSSR count). The van der Waals surface area contributed by atoms with Crippen molar-refractivity contribution in [3.63, 3.8) is 0 Å². The Hall–Kier alpha value is -1.55. The summed E-state index contributed by atoms with van der Waals surface area (Å²) < 4.78 is 2.06. The number of imidazole rings is 1. The number of aliphatic hydroxyl groups excluding tert-OH is 1. The molecule has 1 aromatic heterocycles. The molecule has 1 aliphatic rings. The van der Waals surface area contributed by atoms with E-state index in [1.54, 1.807) is 0 Å². The lowest BCUT2D eigenvalue weighted by Gasteiger charge is -2.24. The number of benzene rings is 1. The Bertz CT molecular complexity index is 590. The van der Waals surface area contributed by atoms with Crippen molar-refractivity contribution in [1.29, 1.82) is 0 Å². The fourth-order valence-electron chi connectivity index (χ4n) is 3.24. The van der Waals surface area contributed by atoms with Crippen LogP contribution in [0.1, 0.15) is 43.7 Å². The summed E-state index contributed by atoms with van der Waals surface area (Å²) in [4.78, 5) is 4.44. The lowest BCUT2D eigenvalue weighted by atomic mass is 10.0. The van der Waals surface area contributed by atoms with Crippen molar-refractivity contribution in [2.24, 2.45) is 0 Å². The van der Waals surface area contributed by atoms with Crippen LogP contribution in [0.2, 0.25) is 0 Å². The second-order valence-corrected chi connectivity index (χ2v) is 5.56. The SMILES string of the molecule is Cc1cccc2nc(N)n(C3CCCCCC3O)c12. The third kappa shape index (κ3) is 2.10. The Morgan fingerprint density at radius 3 is 2.89 bits per heavy atom. The summed E-state index contributed by atoms with van der Waals surface area (Å²) in [5.74, 6) is 0.523. The number of rotatable bonds is 1. The predicted octanol–water partition coefficient (Wildman–Crippen LogP) is 2.79. The van der Waals surface area contributed by atoms with Crippen molar-refractivity contribution in [1.82, 2.24) is 9.55 Å². The molecule has 4 heteroatoms. The standard InChI is InChI=1S/C15H21N3O/c1-10-6-5-7-11-14(10)18(15(16)17-11)12-8-3-2-4-9-13(12)19/h5-7,12-13,19H,2-4,8-9H2,1H3,(H2,16,17). The zero-order valence-corrected chi connectivity index (χ0v) is 11.3. The highest BCUT2D eigenvalue weighted by Gasteiger charge is 2.26. The first-order chi connectivity index (χ1) is 9.18. The summed E-state index contributed by atoms with van der Waals surface area (Å²) in [6, 6.07) is 6.12. The van der Waals surface area contributed by atoms with E-state index in [-0.39, 0.29) is 12.1 Å². The number of aryl methyl sites for hydroxylation is 1. The Morgan fingerprint density at radius 1 is 1.26 bits per heavy atom. The van der Waals surface area contributed by atoms with Crippen LogP contribution < -0.4 is 5.73 Å². The van der Waals surface area contributed by atoms with Gasteiger partial charge >= 0.3 is 0 Å². The van der Waals surface area contributed by atoms with Crippen LogP contribution >= 0.6 is 0 Å². The average Bonchev–Trinajstić information content (AvgIpc) is 2.57. The van der Waals surface area contributed by atoms with Gasteiger partial charge in [0.2, 0.25) is 5.95 Å². The lowest BCUT2D eigenvalue weighted by molar-refractivity contribution is 0.108. The van der Waals surface area contributed by atoms with E-state index in [2.05, 4.69) is 22.5 Å². The van der Waals surface area contributed by atoms with E-state index in [1.165, 1.54) is 6.42 Å². The Labute approximate surface area is 113 Å². The number of aromatic nitrogens is 2. The minimum atomic E-state index is -0.318. The third-order valence-electron chi connectivity index (χ3n) is 4.21. The van der Waals surface area contributed by atoms with E-state index in [0.29, 0.717) is 5.95 Å². The van der Waals surface area contributed by atoms with Crippen LogP contribution in [0.3, 0.4) is 0 Å².